The summed E-state index contributed by atoms with van der Waals surface area (Å²) in [6.07, 6.45) is 0. The maximum absolute atomic E-state index is 5.93. The van der Waals surface area contributed by atoms with Gasteiger partial charge in [-0.05, 0) is 29.7 Å². The Morgan fingerprint density at radius 3 is 2.84 bits per heavy atom. The molecule has 0 radical (unpaired) electrons. The summed E-state index contributed by atoms with van der Waals surface area (Å²) in [6.45, 7) is 0. The fourth-order valence-corrected chi connectivity index (χ4v) is 3.18. The van der Waals surface area contributed by atoms with E-state index in [-0.39, 0.29) is 0 Å². The number of benzene rings is 1. The van der Waals surface area contributed by atoms with Crippen molar-refractivity contribution in [3.05, 3.63) is 47.6 Å². The van der Waals surface area contributed by atoms with Gasteiger partial charge in [-0.1, -0.05) is 29.8 Å². The van der Waals surface area contributed by atoms with E-state index < -0.39 is 0 Å². The van der Waals surface area contributed by atoms with Gasteiger partial charge in [0, 0.05) is 4.70 Å². The van der Waals surface area contributed by atoms with Gasteiger partial charge in [-0.25, -0.2) is 0 Å². The molecule has 0 aliphatic carbocycles. The van der Waals surface area contributed by atoms with E-state index in [1.54, 1.807) is 28.0 Å². The molecular weight excluding hydrogens is 280 g/mol. The molecule has 0 N–H and O–H groups in total. The highest BCUT2D eigenvalue weighted by atomic mass is 35.5. The highest BCUT2D eigenvalue weighted by Gasteiger charge is 2.12. The lowest BCUT2D eigenvalue weighted by atomic mass is 10.2. The molecule has 0 aliphatic heterocycles. The van der Waals surface area contributed by atoms with Crippen LogP contribution in [0.3, 0.4) is 0 Å². The van der Waals surface area contributed by atoms with E-state index in [9.17, 15) is 0 Å². The third-order valence-corrected chi connectivity index (χ3v) is 4.19. The number of aromatic nitrogens is 4. The largest absolute Gasteiger partial charge is 0.195 e. The molecule has 6 heteroatoms. The Morgan fingerprint density at radius 1 is 1.05 bits per heavy atom. The van der Waals surface area contributed by atoms with Gasteiger partial charge in [-0.15, -0.1) is 21.5 Å². The van der Waals surface area contributed by atoms with Crippen molar-refractivity contribution in [1.82, 2.24) is 19.8 Å². The van der Waals surface area contributed by atoms with Gasteiger partial charge in [-0.3, -0.25) is 0 Å². The van der Waals surface area contributed by atoms with Crippen LogP contribution in [0.5, 0.6) is 0 Å². The quantitative estimate of drug-likeness (QED) is 0.536. The summed E-state index contributed by atoms with van der Waals surface area (Å²) in [6, 6.07) is 13.8. The summed E-state index contributed by atoms with van der Waals surface area (Å²) in [5.41, 5.74) is 0.692. The van der Waals surface area contributed by atoms with Crippen molar-refractivity contribution in [2.45, 2.75) is 0 Å². The molecule has 3 heterocycles. The number of halogens is 1. The van der Waals surface area contributed by atoms with Gasteiger partial charge in [0.15, 0.2) is 11.5 Å². The summed E-state index contributed by atoms with van der Waals surface area (Å²) in [5, 5.41) is 14.2. The number of thiophene rings is 1. The molecule has 0 spiro atoms. The minimum absolute atomic E-state index is 0.426. The maximum atomic E-state index is 5.93. The molecule has 0 aliphatic rings. The lowest BCUT2D eigenvalue weighted by molar-refractivity contribution is 0.939. The first-order valence-corrected chi connectivity index (χ1v) is 6.88. The molecule has 19 heavy (non-hydrogen) atoms. The maximum Gasteiger partial charge on any atom is 0.195 e. The Kier molecular flexibility index (Phi) is 2.30. The molecule has 1 aromatic carbocycles. The van der Waals surface area contributed by atoms with Crippen LogP contribution in [0.25, 0.3) is 26.4 Å². The van der Waals surface area contributed by atoms with E-state index in [1.807, 2.05) is 12.1 Å². The molecule has 0 amide bonds. The first-order chi connectivity index (χ1) is 9.31. The first kappa shape index (κ1) is 10.9. The van der Waals surface area contributed by atoms with Crippen molar-refractivity contribution >= 4 is 38.7 Å². The van der Waals surface area contributed by atoms with Crippen LogP contribution in [0.4, 0.5) is 0 Å². The monoisotopic (exact) mass is 286 g/mol. The van der Waals surface area contributed by atoms with Crippen LogP contribution >= 0.6 is 22.9 Å². The van der Waals surface area contributed by atoms with Gasteiger partial charge in [0.2, 0.25) is 0 Å². The summed E-state index contributed by atoms with van der Waals surface area (Å²) in [4.78, 5) is 1.03. The zero-order valence-corrected chi connectivity index (χ0v) is 11.2. The molecule has 92 valence electrons. The van der Waals surface area contributed by atoms with Crippen LogP contribution in [0.1, 0.15) is 0 Å². The van der Waals surface area contributed by atoms with Crippen LogP contribution in [0.15, 0.2) is 42.5 Å². The average molecular weight is 287 g/mol. The summed E-state index contributed by atoms with van der Waals surface area (Å²) >= 11 is 7.60. The Hall–Kier alpha value is -1.98. The van der Waals surface area contributed by atoms with E-state index in [4.69, 9.17) is 11.6 Å². The van der Waals surface area contributed by atoms with E-state index >= 15 is 0 Å². The lowest BCUT2D eigenvalue weighted by Gasteiger charge is -1.95. The minimum atomic E-state index is 0.426. The second kappa shape index (κ2) is 4.01. The number of hydrogen-bond acceptors (Lipinski definition) is 4. The highest BCUT2D eigenvalue weighted by molar-refractivity contribution is 7.22. The second-order valence-electron chi connectivity index (χ2n) is 4.10. The van der Waals surface area contributed by atoms with Gasteiger partial charge in [-0.2, -0.15) is 9.61 Å². The Bertz CT molecular complexity index is 863. The topological polar surface area (TPSA) is 43.1 Å². The Balaban J connectivity index is 2.00. The van der Waals surface area contributed by atoms with E-state index in [0.717, 1.165) is 10.7 Å². The average Bonchev–Trinajstić information content (AvgIpc) is 3.00. The molecule has 0 unspecified atom stereocenters. The van der Waals surface area contributed by atoms with Crippen LogP contribution in [0.2, 0.25) is 5.15 Å². The molecule has 0 bridgehead atoms. The number of fused-ring (bicyclic) bond motifs is 2. The van der Waals surface area contributed by atoms with E-state index in [2.05, 4.69) is 33.5 Å². The van der Waals surface area contributed by atoms with Gasteiger partial charge in [0.1, 0.15) is 5.15 Å². The summed E-state index contributed by atoms with van der Waals surface area (Å²) in [5.74, 6) is 0.721. The molecule has 0 saturated heterocycles. The molecule has 4 aromatic rings. The van der Waals surface area contributed by atoms with Gasteiger partial charge < -0.3 is 0 Å². The van der Waals surface area contributed by atoms with E-state index in [1.165, 1.54) is 10.1 Å². The number of hydrogen-bond donors (Lipinski definition) is 0. The Morgan fingerprint density at radius 2 is 1.95 bits per heavy atom. The number of nitrogens with zero attached hydrogens (tertiary/aromatic N) is 4. The number of rotatable bonds is 1. The third-order valence-electron chi connectivity index (χ3n) is 2.88. The molecular formula is C13H7ClN4S. The van der Waals surface area contributed by atoms with Crippen molar-refractivity contribution in [3.8, 4) is 10.7 Å². The normalized spacial score (nSPS) is 11.4. The van der Waals surface area contributed by atoms with Crippen molar-refractivity contribution in [1.29, 1.82) is 0 Å². The van der Waals surface area contributed by atoms with E-state index in [0.29, 0.717) is 10.8 Å². The predicted molar refractivity (Wildman–Crippen MR) is 76.6 cm³/mol. The standard InChI is InChI=1S/C13H7ClN4S/c14-11-5-6-12-15-16-13(18(12)17-11)10-7-8-3-1-2-4-9(8)19-10/h1-7H. The van der Waals surface area contributed by atoms with Crippen molar-refractivity contribution in [2.75, 3.05) is 0 Å². The first-order valence-electron chi connectivity index (χ1n) is 5.68. The fourth-order valence-electron chi connectivity index (χ4n) is 2.01. The molecule has 0 fully saturated rings. The fraction of sp³-hybridized carbons (Fsp3) is 0. The molecule has 4 nitrogen and oxygen atoms in total. The van der Waals surface area contributed by atoms with Crippen molar-refractivity contribution < 1.29 is 0 Å². The van der Waals surface area contributed by atoms with Gasteiger partial charge in [0.05, 0.1) is 4.88 Å². The van der Waals surface area contributed by atoms with Crippen LogP contribution in [-0.2, 0) is 0 Å². The zero-order valence-electron chi connectivity index (χ0n) is 9.62. The molecule has 3 aromatic heterocycles. The van der Waals surface area contributed by atoms with Crippen LogP contribution < -0.4 is 0 Å². The molecule has 0 atom stereocenters. The molecule has 4 rings (SSSR count). The SMILES string of the molecule is Clc1ccc2nnc(-c3cc4ccccc4s3)n2n1. The van der Waals surface area contributed by atoms with Crippen LogP contribution in [0, 0.1) is 0 Å². The molecule has 0 saturated carbocycles. The van der Waals surface area contributed by atoms with Crippen molar-refractivity contribution in [3.63, 3.8) is 0 Å². The highest BCUT2D eigenvalue weighted by Crippen LogP contribution is 2.32. The smallest absolute Gasteiger partial charge is 0.190 e. The summed E-state index contributed by atoms with van der Waals surface area (Å²) < 4.78 is 2.89. The van der Waals surface area contributed by atoms with Gasteiger partial charge >= 0.3 is 0 Å². The van der Waals surface area contributed by atoms with Crippen molar-refractivity contribution in [2.24, 2.45) is 0 Å². The second-order valence-corrected chi connectivity index (χ2v) is 5.57. The third kappa shape index (κ3) is 1.70. The predicted octanol–water partition coefficient (Wildman–Crippen LogP) is 3.66. The zero-order chi connectivity index (χ0) is 12.8. The Labute approximate surface area is 117 Å². The van der Waals surface area contributed by atoms with Gasteiger partial charge in [0.25, 0.3) is 0 Å². The minimum Gasteiger partial charge on any atom is -0.190 e. The lowest BCUT2D eigenvalue weighted by Crippen LogP contribution is -1.93. The van der Waals surface area contributed by atoms with Crippen LogP contribution in [-0.4, -0.2) is 19.8 Å². The summed E-state index contributed by atoms with van der Waals surface area (Å²) in [7, 11) is 0.